The number of hydrogen-bond donors (Lipinski definition) is 1. The second kappa shape index (κ2) is 8.21. The van der Waals surface area contributed by atoms with Gasteiger partial charge in [0.05, 0.1) is 0 Å². The maximum atomic E-state index is 12.6. The Morgan fingerprint density at radius 1 is 1.00 bits per heavy atom. The number of carbonyl (C=O) groups is 1. The van der Waals surface area contributed by atoms with Gasteiger partial charge in [0, 0.05) is 43.2 Å². The number of aromatic nitrogens is 2. The molecule has 0 radical (unpaired) electrons. The Kier molecular flexibility index (Phi) is 5.33. The fourth-order valence-electron chi connectivity index (χ4n) is 3.50. The molecule has 5 heteroatoms. The largest absolute Gasteiger partial charge is 0.348 e. The van der Waals surface area contributed by atoms with Crippen LogP contribution in [0.15, 0.2) is 60.9 Å². The topological polar surface area (TPSA) is 58.1 Å². The third kappa shape index (κ3) is 4.19. The Labute approximate surface area is 165 Å². The van der Waals surface area contributed by atoms with E-state index >= 15 is 0 Å². The van der Waals surface area contributed by atoms with Gasteiger partial charge in [-0.2, -0.15) is 0 Å². The summed E-state index contributed by atoms with van der Waals surface area (Å²) in [6.07, 6.45) is 6.07. The van der Waals surface area contributed by atoms with Gasteiger partial charge >= 0.3 is 0 Å². The predicted octanol–water partition coefficient (Wildman–Crippen LogP) is 3.98. The molecule has 1 aromatic heterocycles. The summed E-state index contributed by atoms with van der Waals surface area (Å²) in [7, 11) is 0. The normalized spacial score (nSPS) is 13.5. The highest BCUT2D eigenvalue weighted by molar-refractivity contribution is 5.95. The molecule has 0 aliphatic carbocycles. The van der Waals surface area contributed by atoms with Gasteiger partial charge in [0.25, 0.3) is 5.91 Å². The monoisotopic (exact) mass is 372 g/mol. The van der Waals surface area contributed by atoms with Gasteiger partial charge in [-0.25, -0.2) is 9.97 Å². The molecule has 5 nitrogen and oxygen atoms in total. The summed E-state index contributed by atoms with van der Waals surface area (Å²) in [5.74, 6) is 0.700. The smallest absolute Gasteiger partial charge is 0.251 e. The minimum Gasteiger partial charge on any atom is -0.348 e. The number of aryl methyl sites for hydroxylation is 1. The Morgan fingerprint density at radius 3 is 2.50 bits per heavy atom. The lowest BCUT2D eigenvalue weighted by Gasteiger charge is -2.14. The molecule has 2 aromatic carbocycles. The van der Waals surface area contributed by atoms with E-state index in [0.29, 0.717) is 12.1 Å². The molecule has 1 aliphatic rings. The summed E-state index contributed by atoms with van der Waals surface area (Å²) < 4.78 is 0. The molecule has 3 aromatic rings. The van der Waals surface area contributed by atoms with E-state index in [1.54, 1.807) is 0 Å². The second-order valence-electron chi connectivity index (χ2n) is 7.22. The molecule has 0 spiro atoms. The Hall–Kier alpha value is -3.21. The van der Waals surface area contributed by atoms with Crippen molar-refractivity contribution in [3.63, 3.8) is 0 Å². The van der Waals surface area contributed by atoms with Crippen molar-refractivity contribution >= 4 is 11.9 Å². The quantitative estimate of drug-likeness (QED) is 0.736. The number of anilines is 1. The average molecular weight is 372 g/mol. The summed E-state index contributed by atoms with van der Waals surface area (Å²) in [5.41, 5.74) is 4.77. The standard InChI is InChI=1S/C23H24N4O/c1-17-6-4-7-18(12-17)14-24-22(28)20-9-5-8-19(13-20)21-15-25-23(26-16-21)27-10-2-3-11-27/h4-9,12-13,15-16H,2-3,10-11,14H2,1H3,(H,24,28). The molecule has 1 fully saturated rings. The van der Waals surface area contributed by atoms with Crippen molar-refractivity contribution in [3.05, 3.63) is 77.6 Å². The van der Waals surface area contributed by atoms with Crippen LogP contribution in [-0.2, 0) is 6.54 Å². The molecule has 4 rings (SSSR count). The van der Waals surface area contributed by atoms with E-state index < -0.39 is 0 Å². The zero-order chi connectivity index (χ0) is 19.3. The third-order valence-electron chi connectivity index (χ3n) is 5.02. The van der Waals surface area contributed by atoms with E-state index in [9.17, 15) is 4.79 Å². The van der Waals surface area contributed by atoms with Crippen LogP contribution in [0.2, 0.25) is 0 Å². The molecule has 2 heterocycles. The SMILES string of the molecule is Cc1cccc(CNC(=O)c2cccc(-c3cnc(N4CCCC4)nc3)c2)c1. The molecule has 1 amide bonds. The Balaban J connectivity index is 1.45. The van der Waals surface area contributed by atoms with Gasteiger partial charge in [0.2, 0.25) is 5.95 Å². The average Bonchev–Trinajstić information content (AvgIpc) is 3.27. The van der Waals surface area contributed by atoms with E-state index in [2.05, 4.69) is 26.3 Å². The van der Waals surface area contributed by atoms with Crippen LogP contribution in [-0.4, -0.2) is 29.0 Å². The lowest BCUT2D eigenvalue weighted by molar-refractivity contribution is 0.0951. The molecular weight excluding hydrogens is 348 g/mol. The molecule has 0 bridgehead atoms. The van der Waals surface area contributed by atoms with Crippen LogP contribution in [0.4, 0.5) is 5.95 Å². The van der Waals surface area contributed by atoms with Crippen molar-refractivity contribution in [2.45, 2.75) is 26.3 Å². The molecule has 28 heavy (non-hydrogen) atoms. The third-order valence-corrected chi connectivity index (χ3v) is 5.02. The maximum absolute atomic E-state index is 12.6. The number of amides is 1. The first-order chi connectivity index (χ1) is 13.7. The fourth-order valence-corrected chi connectivity index (χ4v) is 3.50. The maximum Gasteiger partial charge on any atom is 0.251 e. The van der Waals surface area contributed by atoms with Gasteiger partial charge in [-0.15, -0.1) is 0 Å². The van der Waals surface area contributed by atoms with Crippen LogP contribution in [0.1, 0.15) is 34.3 Å². The summed E-state index contributed by atoms with van der Waals surface area (Å²) in [6.45, 7) is 4.61. The summed E-state index contributed by atoms with van der Waals surface area (Å²) in [6, 6.07) is 15.7. The molecule has 142 valence electrons. The van der Waals surface area contributed by atoms with Crippen molar-refractivity contribution in [1.29, 1.82) is 0 Å². The van der Waals surface area contributed by atoms with Crippen LogP contribution in [0, 0.1) is 6.92 Å². The molecular formula is C23H24N4O. The molecule has 1 saturated heterocycles. The highest BCUT2D eigenvalue weighted by atomic mass is 16.1. The van der Waals surface area contributed by atoms with E-state index in [-0.39, 0.29) is 5.91 Å². The van der Waals surface area contributed by atoms with Crippen molar-refractivity contribution in [2.75, 3.05) is 18.0 Å². The van der Waals surface area contributed by atoms with E-state index in [1.807, 2.05) is 61.8 Å². The fraction of sp³-hybridized carbons (Fsp3) is 0.261. The highest BCUT2D eigenvalue weighted by Crippen LogP contribution is 2.22. The van der Waals surface area contributed by atoms with E-state index in [0.717, 1.165) is 35.7 Å². The first-order valence-electron chi connectivity index (χ1n) is 9.70. The van der Waals surface area contributed by atoms with Gasteiger partial charge in [-0.1, -0.05) is 42.0 Å². The Morgan fingerprint density at radius 2 is 1.75 bits per heavy atom. The number of hydrogen-bond acceptors (Lipinski definition) is 4. The first-order valence-corrected chi connectivity index (χ1v) is 9.70. The van der Waals surface area contributed by atoms with Gasteiger partial charge < -0.3 is 10.2 Å². The minimum absolute atomic E-state index is 0.0852. The predicted molar refractivity (Wildman–Crippen MR) is 111 cm³/mol. The summed E-state index contributed by atoms with van der Waals surface area (Å²) in [5, 5.41) is 2.99. The van der Waals surface area contributed by atoms with Crippen molar-refractivity contribution < 1.29 is 4.79 Å². The molecule has 1 aliphatic heterocycles. The lowest BCUT2D eigenvalue weighted by Crippen LogP contribution is -2.22. The number of nitrogens with one attached hydrogen (secondary N) is 1. The van der Waals surface area contributed by atoms with Crippen molar-refractivity contribution in [2.24, 2.45) is 0 Å². The van der Waals surface area contributed by atoms with Crippen LogP contribution < -0.4 is 10.2 Å². The summed E-state index contributed by atoms with van der Waals surface area (Å²) >= 11 is 0. The van der Waals surface area contributed by atoms with E-state index in [1.165, 1.54) is 18.4 Å². The minimum atomic E-state index is -0.0852. The van der Waals surface area contributed by atoms with Gasteiger partial charge in [-0.3, -0.25) is 4.79 Å². The first kappa shape index (κ1) is 18.2. The number of nitrogens with zero attached hydrogens (tertiary/aromatic N) is 3. The van der Waals surface area contributed by atoms with Crippen LogP contribution >= 0.6 is 0 Å². The van der Waals surface area contributed by atoms with Crippen LogP contribution in [0.25, 0.3) is 11.1 Å². The second-order valence-corrected chi connectivity index (χ2v) is 7.22. The molecule has 0 saturated carbocycles. The zero-order valence-corrected chi connectivity index (χ0v) is 16.1. The Bertz CT molecular complexity index is 962. The zero-order valence-electron chi connectivity index (χ0n) is 16.1. The van der Waals surface area contributed by atoms with Gasteiger partial charge in [0.15, 0.2) is 0 Å². The van der Waals surface area contributed by atoms with Crippen molar-refractivity contribution in [3.8, 4) is 11.1 Å². The molecule has 0 atom stereocenters. The summed E-state index contributed by atoms with van der Waals surface area (Å²) in [4.78, 5) is 23.8. The van der Waals surface area contributed by atoms with Crippen molar-refractivity contribution in [1.82, 2.24) is 15.3 Å². The highest BCUT2D eigenvalue weighted by Gasteiger charge is 2.15. The number of rotatable bonds is 5. The van der Waals surface area contributed by atoms with Crippen LogP contribution in [0.5, 0.6) is 0 Å². The lowest BCUT2D eigenvalue weighted by atomic mass is 10.1. The molecule has 0 unspecified atom stereocenters. The number of benzene rings is 2. The molecule has 1 N–H and O–H groups in total. The number of carbonyl (C=O) groups excluding carboxylic acids is 1. The van der Waals surface area contributed by atoms with E-state index in [4.69, 9.17) is 0 Å². The van der Waals surface area contributed by atoms with Crippen LogP contribution in [0.3, 0.4) is 0 Å². The van der Waals surface area contributed by atoms with Gasteiger partial charge in [-0.05, 0) is 43.0 Å². The van der Waals surface area contributed by atoms with Gasteiger partial charge in [0.1, 0.15) is 0 Å².